The Morgan fingerprint density at radius 2 is 1.72 bits per heavy atom. The predicted molar refractivity (Wildman–Crippen MR) is 112 cm³/mol. The van der Waals surface area contributed by atoms with E-state index in [1.807, 2.05) is 48.5 Å². The maximum atomic E-state index is 13.2. The van der Waals surface area contributed by atoms with Crippen molar-refractivity contribution in [2.45, 2.75) is 13.0 Å². The molecule has 29 heavy (non-hydrogen) atoms. The van der Waals surface area contributed by atoms with Gasteiger partial charge in [-0.15, -0.1) is 0 Å². The molecule has 4 aromatic heterocycles. The minimum Gasteiger partial charge on any atom is -0.267 e. The molecule has 0 atom stereocenters. The molecule has 0 aliphatic heterocycles. The highest BCUT2D eigenvalue weighted by Gasteiger charge is 2.12. The summed E-state index contributed by atoms with van der Waals surface area (Å²) in [6, 6.07) is 17.7. The van der Waals surface area contributed by atoms with Crippen molar-refractivity contribution < 1.29 is 0 Å². The first-order valence-corrected chi connectivity index (χ1v) is 9.39. The Morgan fingerprint density at radius 1 is 0.862 bits per heavy atom. The van der Waals surface area contributed by atoms with Crippen LogP contribution in [-0.2, 0) is 13.0 Å². The third-order valence-electron chi connectivity index (χ3n) is 4.98. The van der Waals surface area contributed by atoms with Crippen LogP contribution in [0.15, 0.2) is 84.2 Å². The molecule has 0 aliphatic rings. The van der Waals surface area contributed by atoms with Crippen molar-refractivity contribution >= 4 is 21.8 Å². The Hall–Kier alpha value is -3.93. The molecule has 6 heteroatoms. The van der Waals surface area contributed by atoms with Crippen molar-refractivity contribution in [1.82, 2.24) is 24.7 Å². The molecule has 0 N–H and O–H groups in total. The molecule has 4 heterocycles. The Bertz CT molecular complexity index is 1380. The fraction of sp³-hybridized carbons (Fsp3) is 0.0870. The quantitative estimate of drug-likeness (QED) is 0.477. The van der Waals surface area contributed by atoms with Crippen LogP contribution in [0.5, 0.6) is 0 Å². The van der Waals surface area contributed by atoms with Gasteiger partial charge < -0.3 is 0 Å². The summed E-state index contributed by atoms with van der Waals surface area (Å²) in [4.78, 5) is 26.2. The van der Waals surface area contributed by atoms with Crippen LogP contribution in [0.2, 0.25) is 0 Å². The molecule has 0 fully saturated rings. The van der Waals surface area contributed by atoms with Crippen LogP contribution in [0.25, 0.3) is 32.9 Å². The Balaban J connectivity index is 1.52. The number of aromatic nitrogens is 5. The second-order valence-corrected chi connectivity index (χ2v) is 6.77. The van der Waals surface area contributed by atoms with Crippen LogP contribution in [0.3, 0.4) is 0 Å². The van der Waals surface area contributed by atoms with Gasteiger partial charge in [0, 0.05) is 36.1 Å². The average molecular weight is 379 g/mol. The lowest BCUT2D eigenvalue weighted by Gasteiger charge is -2.09. The number of para-hydroxylation sites is 1. The number of fused-ring (bicyclic) bond motifs is 2. The predicted octanol–water partition coefficient (Wildman–Crippen LogP) is 3.64. The van der Waals surface area contributed by atoms with Crippen LogP contribution in [-0.4, -0.2) is 24.7 Å². The van der Waals surface area contributed by atoms with Gasteiger partial charge in [-0.1, -0.05) is 24.3 Å². The van der Waals surface area contributed by atoms with E-state index < -0.39 is 0 Å². The highest BCUT2D eigenvalue weighted by Crippen LogP contribution is 2.23. The van der Waals surface area contributed by atoms with Gasteiger partial charge in [0.1, 0.15) is 0 Å². The fourth-order valence-corrected chi connectivity index (χ4v) is 3.51. The number of hydrogen-bond acceptors (Lipinski definition) is 5. The van der Waals surface area contributed by atoms with E-state index in [2.05, 4.69) is 26.1 Å². The zero-order valence-electron chi connectivity index (χ0n) is 15.6. The maximum Gasteiger partial charge on any atom is 0.276 e. The molecule has 0 spiro atoms. The summed E-state index contributed by atoms with van der Waals surface area (Å²) in [6.07, 6.45) is 7.39. The van der Waals surface area contributed by atoms with E-state index in [9.17, 15) is 4.79 Å². The molecular weight excluding hydrogens is 362 g/mol. The summed E-state index contributed by atoms with van der Waals surface area (Å²) >= 11 is 0. The van der Waals surface area contributed by atoms with Crippen molar-refractivity contribution in [2.75, 3.05) is 0 Å². The van der Waals surface area contributed by atoms with Crippen molar-refractivity contribution in [3.63, 3.8) is 0 Å². The van der Waals surface area contributed by atoms with Gasteiger partial charge in [0.2, 0.25) is 0 Å². The molecule has 0 bridgehead atoms. The van der Waals surface area contributed by atoms with Gasteiger partial charge in [-0.2, -0.15) is 5.10 Å². The molecule has 6 nitrogen and oxygen atoms in total. The molecular formula is C23H17N5O. The fourth-order valence-electron chi connectivity index (χ4n) is 3.51. The number of hydrogen-bond donors (Lipinski definition) is 0. The zero-order valence-corrected chi connectivity index (χ0v) is 15.6. The molecule has 0 aliphatic carbocycles. The van der Waals surface area contributed by atoms with Gasteiger partial charge in [0.25, 0.3) is 5.56 Å². The molecule has 5 aromatic rings. The number of rotatable bonds is 4. The van der Waals surface area contributed by atoms with Gasteiger partial charge >= 0.3 is 0 Å². The van der Waals surface area contributed by atoms with Crippen LogP contribution in [0.1, 0.15) is 5.69 Å². The lowest BCUT2D eigenvalue weighted by atomic mass is 10.0. The van der Waals surface area contributed by atoms with E-state index in [1.165, 1.54) is 4.68 Å². The van der Waals surface area contributed by atoms with Crippen LogP contribution < -0.4 is 5.56 Å². The second-order valence-electron chi connectivity index (χ2n) is 6.77. The minimum absolute atomic E-state index is 0.150. The van der Waals surface area contributed by atoms with E-state index in [4.69, 9.17) is 0 Å². The SMILES string of the molecule is O=c1c2c(-c3ccncc3)ccnc2cnn1CCc1ccc2ccccc2n1. The molecule has 140 valence electrons. The van der Waals surface area contributed by atoms with E-state index in [1.54, 1.807) is 24.8 Å². The normalized spacial score (nSPS) is 11.2. The van der Waals surface area contributed by atoms with E-state index >= 15 is 0 Å². The van der Waals surface area contributed by atoms with Gasteiger partial charge in [-0.3, -0.25) is 19.7 Å². The lowest BCUT2D eigenvalue weighted by molar-refractivity contribution is 0.579. The van der Waals surface area contributed by atoms with E-state index in [0.717, 1.165) is 27.7 Å². The summed E-state index contributed by atoms with van der Waals surface area (Å²) < 4.78 is 1.49. The smallest absolute Gasteiger partial charge is 0.267 e. The summed E-state index contributed by atoms with van der Waals surface area (Å²) in [5.41, 5.74) is 4.08. The minimum atomic E-state index is -0.150. The van der Waals surface area contributed by atoms with Crippen LogP contribution >= 0.6 is 0 Å². The van der Waals surface area contributed by atoms with Gasteiger partial charge in [-0.05, 0) is 41.5 Å². The molecule has 0 saturated carbocycles. The lowest BCUT2D eigenvalue weighted by Crippen LogP contribution is -2.24. The second kappa shape index (κ2) is 7.24. The number of aryl methyl sites for hydroxylation is 2. The Kier molecular flexibility index (Phi) is 4.29. The summed E-state index contributed by atoms with van der Waals surface area (Å²) in [7, 11) is 0. The number of pyridine rings is 3. The van der Waals surface area contributed by atoms with Crippen LogP contribution in [0, 0.1) is 0 Å². The van der Waals surface area contributed by atoms with Crippen molar-refractivity contribution in [1.29, 1.82) is 0 Å². The molecule has 0 unspecified atom stereocenters. The molecule has 0 saturated heterocycles. The van der Waals surface area contributed by atoms with Gasteiger partial charge in [0.15, 0.2) is 0 Å². The summed E-state index contributed by atoms with van der Waals surface area (Å²) in [5.74, 6) is 0. The van der Waals surface area contributed by atoms with Crippen molar-refractivity contribution in [3.05, 3.63) is 95.4 Å². The highest BCUT2D eigenvalue weighted by atomic mass is 16.1. The Morgan fingerprint density at radius 3 is 2.62 bits per heavy atom. The maximum absolute atomic E-state index is 13.2. The van der Waals surface area contributed by atoms with Gasteiger partial charge in [0.05, 0.1) is 29.2 Å². The third kappa shape index (κ3) is 3.25. The van der Waals surface area contributed by atoms with Crippen molar-refractivity contribution in [2.24, 2.45) is 0 Å². The molecule has 0 radical (unpaired) electrons. The first kappa shape index (κ1) is 17.2. The highest BCUT2D eigenvalue weighted by molar-refractivity contribution is 5.93. The largest absolute Gasteiger partial charge is 0.276 e. The zero-order chi connectivity index (χ0) is 19.6. The average Bonchev–Trinajstić information content (AvgIpc) is 2.79. The number of nitrogens with zero attached hydrogens (tertiary/aromatic N) is 5. The standard InChI is InChI=1S/C23H17N5O/c29-23-22-19(16-7-11-24-12-8-16)9-13-25-21(22)15-26-28(23)14-10-18-6-5-17-3-1-2-4-20(17)27-18/h1-9,11-13,15H,10,14H2. The topological polar surface area (TPSA) is 73.6 Å². The number of benzene rings is 1. The molecule has 5 rings (SSSR count). The molecule has 0 amide bonds. The first-order valence-electron chi connectivity index (χ1n) is 9.39. The molecule has 1 aromatic carbocycles. The van der Waals surface area contributed by atoms with Gasteiger partial charge in [-0.25, -0.2) is 4.68 Å². The first-order chi connectivity index (χ1) is 14.3. The van der Waals surface area contributed by atoms with E-state index in [-0.39, 0.29) is 5.56 Å². The summed E-state index contributed by atoms with van der Waals surface area (Å²) in [5, 5.41) is 5.99. The van der Waals surface area contributed by atoms with Crippen LogP contribution in [0.4, 0.5) is 0 Å². The Labute approximate surface area is 166 Å². The monoisotopic (exact) mass is 379 g/mol. The summed E-state index contributed by atoms with van der Waals surface area (Å²) in [6.45, 7) is 0.449. The van der Waals surface area contributed by atoms with E-state index in [0.29, 0.717) is 23.9 Å². The van der Waals surface area contributed by atoms with Crippen molar-refractivity contribution in [3.8, 4) is 11.1 Å². The third-order valence-corrected chi connectivity index (χ3v) is 4.98.